The lowest BCUT2D eigenvalue weighted by molar-refractivity contribution is 0.0638. The second-order valence-corrected chi connectivity index (χ2v) is 7.27. The van der Waals surface area contributed by atoms with Gasteiger partial charge in [-0.05, 0) is 61.1 Å². The van der Waals surface area contributed by atoms with Gasteiger partial charge in [-0.1, -0.05) is 12.1 Å². The van der Waals surface area contributed by atoms with Gasteiger partial charge in [0.15, 0.2) is 11.5 Å². The molecule has 0 aromatic heterocycles. The number of likely N-dealkylation sites (tertiary alicyclic amines) is 1. The minimum atomic E-state index is -0.231. The largest absolute Gasteiger partial charge is 0.454 e. The molecule has 0 spiro atoms. The first-order valence-corrected chi connectivity index (χ1v) is 9.70. The Morgan fingerprint density at radius 3 is 2.61 bits per heavy atom. The Balaban J connectivity index is 1.19. The van der Waals surface area contributed by atoms with Crippen molar-refractivity contribution in [2.75, 3.05) is 26.5 Å². The minimum Gasteiger partial charge on any atom is -0.454 e. The third kappa shape index (κ3) is 4.44. The molecule has 2 aliphatic heterocycles. The van der Waals surface area contributed by atoms with Gasteiger partial charge in [-0.25, -0.2) is 4.39 Å². The van der Waals surface area contributed by atoms with Gasteiger partial charge < -0.3 is 19.1 Å². The monoisotopic (exact) mass is 385 g/mol. The summed E-state index contributed by atoms with van der Waals surface area (Å²) in [4.78, 5) is 14.6. The molecule has 4 rings (SSSR count). The maximum Gasteiger partial charge on any atom is 0.253 e. The zero-order valence-corrected chi connectivity index (χ0v) is 15.7. The van der Waals surface area contributed by atoms with Crippen LogP contribution in [0.5, 0.6) is 11.5 Å². The summed E-state index contributed by atoms with van der Waals surface area (Å²) in [5.41, 5.74) is 1.62. The lowest BCUT2D eigenvalue weighted by Gasteiger charge is -2.32. The second kappa shape index (κ2) is 8.61. The number of carbonyl (C=O) groups is 1. The molecular weight excluding hydrogens is 361 g/mol. The van der Waals surface area contributed by atoms with Gasteiger partial charge in [-0.2, -0.15) is 0 Å². The van der Waals surface area contributed by atoms with Crippen LogP contribution in [-0.2, 0) is 11.3 Å². The fraction of sp³-hybridized carbons (Fsp3) is 0.409. The topological polar surface area (TPSA) is 48.0 Å². The third-order valence-corrected chi connectivity index (χ3v) is 5.37. The Bertz CT molecular complexity index is 816. The molecule has 5 nitrogen and oxygen atoms in total. The number of fused-ring (bicyclic) bond motifs is 1. The lowest BCUT2D eigenvalue weighted by Crippen LogP contribution is -2.38. The summed E-state index contributed by atoms with van der Waals surface area (Å²) in [6.45, 7) is 2.91. The third-order valence-electron chi connectivity index (χ3n) is 5.37. The number of carbonyl (C=O) groups excluding carboxylic acids is 1. The molecule has 28 heavy (non-hydrogen) atoms. The van der Waals surface area contributed by atoms with Crippen LogP contribution in [-0.4, -0.2) is 37.3 Å². The first kappa shape index (κ1) is 18.7. The molecule has 1 fully saturated rings. The molecule has 0 aliphatic carbocycles. The molecule has 0 bridgehead atoms. The summed E-state index contributed by atoms with van der Waals surface area (Å²) >= 11 is 0. The molecule has 0 saturated carbocycles. The highest BCUT2D eigenvalue weighted by molar-refractivity contribution is 5.95. The van der Waals surface area contributed by atoms with Crippen LogP contribution in [0.25, 0.3) is 0 Å². The van der Waals surface area contributed by atoms with E-state index >= 15 is 0 Å². The van der Waals surface area contributed by atoms with Crippen molar-refractivity contribution in [3.8, 4) is 11.5 Å². The molecule has 2 aromatic carbocycles. The number of halogens is 1. The van der Waals surface area contributed by atoms with Crippen LogP contribution in [0.1, 0.15) is 35.2 Å². The summed E-state index contributed by atoms with van der Waals surface area (Å²) in [5.74, 6) is 1.71. The highest BCUT2D eigenvalue weighted by atomic mass is 19.1. The van der Waals surface area contributed by atoms with E-state index < -0.39 is 0 Å². The van der Waals surface area contributed by atoms with E-state index in [0.29, 0.717) is 36.2 Å². The quantitative estimate of drug-likeness (QED) is 0.705. The van der Waals surface area contributed by atoms with Gasteiger partial charge in [-0.15, -0.1) is 0 Å². The van der Waals surface area contributed by atoms with E-state index in [9.17, 15) is 9.18 Å². The number of piperidine rings is 1. The summed E-state index contributed by atoms with van der Waals surface area (Å²) < 4.78 is 29.3. The van der Waals surface area contributed by atoms with E-state index in [-0.39, 0.29) is 18.5 Å². The Morgan fingerprint density at radius 1 is 1.07 bits per heavy atom. The highest BCUT2D eigenvalue weighted by Gasteiger charge is 2.25. The predicted octanol–water partition coefficient (Wildman–Crippen LogP) is 4.01. The van der Waals surface area contributed by atoms with Crippen molar-refractivity contribution in [2.45, 2.75) is 25.9 Å². The molecule has 1 saturated heterocycles. The number of hydrogen-bond acceptors (Lipinski definition) is 4. The SMILES string of the molecule is O=C(c1ccc2c(c1)OCO2)N1CCC(CCOCc2ccc(F)cc2)CC1. The first-order valence-electron chi connectivity index (χ1n) is 9.70. The van der Waals surface area contributed by atoms with Crippen molar-refractivity contribution < 1.29 is 23.4 Å². The van der Waals surface area contributed by atoms with Crippen LogP contribution in [0.3, 0.4) is 0 Å². The van der Waals surface area contributed by atoms with E-state index in [2.05, 4.69) is 0 Å². The van der Waals surface area contributed by atoms with Crippen molar-refractivity contribution in [3.63, 3.8) is 0 Å². The van der Waals surface area contributed by atoms with Crippen molar-refractivity contribution >= 4 is 5.91 Å². The molecule has 2 heterocycles. The van der Waals surface area contributed by atoms with Gasteiger partial charge in [0.25, 0.3) is 5.91 Å². The van der Waals surface area contributed by atoms with Gasteiger partial charge in [0.1, 0.15) is 5.82 Å². The Labute approximate surface area is 164 Å². The molecule has 0 N–H and O–H groups in total. The molecule has 148 valence electrons. The highest BCUT2D eigenvalue weighted by Crippen LogP contribution is 2.33. The normalized spacial score (nSPS) is 16.4. The standard InChI is InChI=1S/C22H24FNO4/c23-19-4-1-17(2-5-19)14-26-12-9-16-7-10-24(11-8-16)22(25)18-3-6-20-21(13-18)28-15-27-20/h1-6,13,16H,7-12,14-15H2. The average Bonchev–Trinajstić information content (AvgIpc) is 3.20. The predicted molar refractivity (Wildman–Crippen MR) is 102 cm³/mol. The molecule has 0 atom stereocenters. The van der Waals surface area contributed by atoms with Crippen LogP contribution in [0.4, 0.5) is 4.39 Å². The summed E-state index contributed by atoms with van der Waals surface area (Å²) in [6, 6.07) is 11.7. The lowest BCUT2D eigenvalue weighted by atomic mass is 9.93. The van der Waals surface area contributed by atoms with Crippen LogP contribution in [0.2, 0.25) is 0 Å². The van der Waals surface area contributed by atoms with Crippen molar-refractivity contribution in [1.29, 1.82) is 0 Å². The van der Waals surface area contributed by atoms with Crippen LogP contribution >= 0.6 is 0 Å². The molecule has 0 radical (unpaired) electrons. The number of ether oxygens (including phenoxy) is 3. The van der Waals surface area contributed by atoms with Crippen molar-refractivity contribution in [2.24, 2.45) is 5.92 Å². The average molecular weight is 385 g/mol. The number of benzene rings is 2. The first-order chi connectivity index (χ1) is 13.7. The maximum atomic E-state index is 12.9. The van der Waals surface area contributed by atoms with Crippen LogP contribution in [0, 0.1) is 11.7 Å². The van der Waals surface area contributed by atoms with E-state index in [1.165, 1.54) is 12.1 Å². The summed E-state index contributed by atoms with van der Waals surface area (Å²) in [5, 5.41) is 0. The maximum absolute atomic E-state index is 12.9. The molecule has 1 amide bonds. The van der Waals surface area contributed by atoms with Crippen LogP contribution in [0.15, 0.2) is 42.5 Å². The van der Waals surface area contributed by atoms with Gasteiger partial charge >= 0.3 is 0 Å². The number of hydrogen-bond donors (Lipinski definition) is 0. The van der Waals surface area contributed by atoms with E-state index in [0.717, 1.165) is 37.9 Å². The van der Waals surface area contributed by atoms with E-state index in [1.807, 2.05) is 4.90 Å². The Morgan fingerprint density at radius 2 is 1.82 bits per heavy atom. The smallest absolute Gasteiger partial charge is 0.253 e. The van der Waals surface area contributed by atoms with Gasteiger partial charge in [0, 0.05) is 25.3 Å². The number of rotatable bonds is 6. The molecule has 2 aromatic rings. The zero-order valence-electron chi connectivity index (χ0n) is 15.7. The van der Waals surface area contributed by atoms with Crippen molar-refractivity contribution in [3.05, 3.63) is 59.4 Å². The molecule has 2 aliphatic rings. The molecular formula is C22H24FNO4. The Hall–Kier alpha value is -2.60. The van der Waals surface area contributed by atoms with Crippen molar-refractivity contribution in [1.82, 2.24) is 4.90 Å². The molecule has 6 heteroatoms. The zero-order chi connectivity index (χ0) is 19.3. The molecule has 0 unspecified atom stereocenters. The number of amides is 1. The van der Waals surface area contributed by atoms with Gasteiger partial charge in [0.2, 0.25) is 6.79 Å². The van der Waals surface area contributed by atoms with Crippen LogP contribution < -0.4 is 9.47 Å². The fourth-order valence-electron chi connectivity index (χ4n) is 3.66. The fourth-order valence-corrected chi connectivity index (χ4v) is 3.66. The summed E-state index contributed by atoms with van der Waals surface area (Å²) in [6.07, 6.45) is 2.94. The van der Waals surface area contributed by atoms with E-state index in [1.54, 1.807) is 30.3 Å². The summed E-state index contributed by atoms with van der Waals surface area (Å²) in [7, 11) is 0. The minimum absolute atomic E-state index is 0.0457. The van der Waals surface area contributed by atoms with Gasteiger partial charge in [-0.3, -0.25) is 4.79 Å². The van der Waals surface area contributed by atoms with Gasteiger partial charge in [0.05, 0.1) is 6.61 Å². The second-order valence-electron chi connectivity index (χ2n) is 7.27. The number of nitrogens with zero attached hydrogens (tertiary/aromatic N) is 1. The Kier molecular flexibility index (Phi) is 5.76. The van der Waals surface area contributed by atoms with E-state index in [4.69, 9.17) is 14.2 Å².